The van der Waals surface area contributed by atoms with Crippen LogP contribution in [0.25, 0.3) is 0 Å². The average molecular weight is 389 g/mol. The van der Waals surface area contributed by atoms with Crippen LogP contribution >= 0.6 is 0 Å². The molecule has 1 saturated carbocycles. The third kappa shape index (κ3) is 5.37. The van der Waals surface area contributed by atoms with Crippen molar-refractivity contribution in [2.45, 2.75) is 44.2 Å². The molecule has 2 aliphatic rings. The molecule has 0 radical (unpaired) electrons. The third-order valence-electron chi connectivity index (χ3n) is 5.38. The summed E-state index contributed by atoms with van der Waals surface area (Å²) in [5.74, 6) is -1.03. The van der Waals surface area contributed by atoms with Gasteiger partial charge in [-0.25, -0.2) is 9.59 Å². The molecule has 28 heavy (non-hydrogen) atoms. The van der Waals surface area contributed by atoms with Crippen LogP contribution in [-0.2, 0) is 16.0 Å². The van der Waals surface area contributed by atoms with Gasteiger partial charge in [-0.05, 0) is 37.7 Å². The quantitative estimate of drug-likeness (QED) is 0.744. The lowest BCUT2D eigenvalue weighted by Crippen LogP contribution is -2.50. The number of carboxylic acids is 1. The topological polar surface area (TPSA) is 99.2 Å². The molecule has 0 unspecified atom stereocenters. The number of cyclic esters (lactones) is 1. The summed E-state index contributed by atoms with van der Waals surface area (Å²) in [7, 11) is 0. The van der Waals surface area contributed by atoms with Crippen LogP contribution in [0.15, 0.2) is 30.3 Å². The molecule has 1 aliphatic heterocycles. The lowest BCUT2D eigenvalue weighted by molar-refractivity contribution is -0.137. The minimum atomic E-state index is -1.03. The number of rotatable bonds is 7. The first-order valence-electron chi connectivity index (χ1n) is 9.77. The zero-order chi connectivity index (χ0) is 19.9. The van der Waals surface area contributed by atoms with E-state index in [1.165, 1.54) is 4.90 Å². The molecular weight excluding hydrogens is 362 g/mol. The standard InChI is InChI=1S/C20H27N3O5/c24-18(25)14-22(11-10-15-4-2-1-3-5-15)19(26)21-16-6-8-17(9-7-16)23-12-13-28-20(23)27/h1-5,16-17H,6-14H2,(H,21,26)(H,24,25). The Balaban J connectivity index is 1.49. The maximum Gasteiger partial charge on any atom is 0.410 e. The second kappa shape index (κ2) is 9.43. The van der Waals surface area contributed by atoms with Crippen molar-refractivity contribution in [1.29, 1.82) is 0 Å². The molecule has 1 aromatic rings. The van der Waals surface area contributed by atoms with Crippen molar-refractivity contribution in [2.24, 2.45) is 0 Å². The van der Waals surface area contributed by atoms with Crippen molar-refractivity contribution in [2.75, 3.05) is 26.2 Å². The lowest BCUT2D eigenvalue weighted by atomic mass is 9.90. The van der Waals surface area contributed by atoms with Crippen LogP contribution < -0.4 is 5.32 Å². The van der Waals surface area contributed by atoms with Crippen LogP contribution in [0.1, 0.15) is 31.2 Å². The number of nitrogens with zero attached hydrogens (tertiary/aromatic N) is 2. The predicted molar refractivity (Wildman–Crippen MR) is 102 cm³/mol. The van der Waals surface area contributed by atoms with Gasteiger partial charge in [0.15, 0.2) is 0 Å². The molecule has 0 aromatic heterocycles. The highest BCUT2D eigenvalue weighted by Crippen LogP contribution is 2.25. The monoisotopic (exact) mass is 389 g/mol. The molecule has 0 atom stereocenters. The van der Waals surface area contributed by atoms with Crippen molar-refractivity contribution < 1.29 is 24.2 Å². The van der Waals surface area contributed by atoms with Gasteiger partial charge in [0.1, 0.15) is 13.2 Å². The van der Waals surface area contributed by atoms with E-state index in [1.807, 2.05) is 30.3 Å². The molecule has 1 saturated heterocycles. The number of carboxylic acid groups (broad SMARTS) is 1. The molecule has 152 valence electrons. The van der Waals surface area contributed by atoms with E-state index in [4.69, 9.17) is 9.84 Å². The summed E-state index contributed by atoms with van der Waals surface area (Å²) < 4.78 is 5.00. The Bertz CT molecular complexity index is 688. The zero-order valence-electron chi connectivity index (χ0n) is 15.9. The Morgan fingerprint density at radius 1 is 1.18 bits per heavy atom. The summed E-state index contributed by atoms with van der Waals surface area (Å²) in [6, 6.07) is 9.50. The fourth-order valence-corrected chi connectivity index (χ4v) is 3.86. The molecule has 8 heteroatoms. The van der Waals surface area contributed by atoms with Crippen molar-refractivity contribution in [3.63, 3.8) is 0 Å². The van der Waals surface area contributed by atoms with Crippen molar-refractivity contribution in [3.8, 4) is 0 Å². The van der Waals surface area contributed by atoms with E-state index in [9.17, 15) is 14.4 Å². The van der Waals surface area contributed by atoms with E-state index in [0.717, 1.165) is 31.2 Å². The summed E-state index contributed by atoms with van der Waals surface area (Å²) >= 11 is 0. The van der Waals surface area contributed by atoms with Gasteiger partial charge in [-0.3, -0.25) is 4.79 Å². The molecule has 8 nitrogen and oxygen atoms in total. The van der Waals surface area contributed by atoms with E-state index in [-0.39, 0.29) is 30.8 Å². The second-order valence-electron chi connectivity index (χ2n) is 7.31. The van der Waals surface area contributed by atoms with Gasteiger partial charge in [0.05, 0.1) is 6.54 Å². The van der Waals surface area contributed by atoms with E-state index in [0.29, 0.717) is 26.1 Å². The molecular formula is C20H27N3O5. The highest BCUT2D eigenvalue weighted by Gasteiger charge is 2.33. The van der Waals surface area contributed by atoms with Crippen LogP contribution in [-0.4, -0.2) is 71.3 Å². The smallest absolute Gasteiger partial charge is 0.410 e. The molecule has 2 N–H and O–H groups in total. The Hall–Kier alpha value is -2.77. The van der Waals surface area contributed by atoms with E-state index in [1.54, 1.807) is 4.90 Å². The number of hydrogen-bond acceptors (Lipinski definition) is 4. The van der Waals surface area contributed by atoms with Gasteiger partial charge in [0.25, 0.3) is 0 Å². The molecule has 0 bridgehead atoms. The van der Waals surface area contributed by atoms with Gasteiger partial charge in [0.2, 0.25) is 0 Å². The summed E-state index contributed by atoms with van der Waals surface area (Å²) in [6.07, 6.45) is 3.50. The van der Waals surface area contributed by atoms with Gasteiger partial charge >= 0.3 is 18.1 Å². The third-order valence-corrected chi connectivity index (χ3v) is 5.38. The first kappa shape index (κ1) is 20.0. The first-order chi connectivity index (χ1) is 13.5. The molecule has 3 rings (SSSR count). The number of ether oxygens (including phenoxy) is 1. The fourth-order valence-electron chi connectivity index (χ4n) is 3.86. The summed E-state index contributed by atoms with van der Waals surface area (Å²) in [5, 5.41) is 12.1. The van der Waals surface area contributed by atoms with Crippen LogP contribution in [0.4, 0.5) is 9.59 Å². The second-order valence-corrected chi connectivity index (χ2v) is 7.31. The molecule has 2 fully saturated rings. The van der Waals surface area contributed by atoms with E-state index in [2.05, 4.69) is 5.32 Å². The van der Waals surface area contributed by atoms with Crippen LogP contribution in [0.5, 0.6) is 0 Å². The average Bonchev–Trinajstić information content (AvgIpc) is 3.12. The zero-order valence-corrected chi connectivity index (χ0v) is 15.9. The Morgan fingerprint density at radius 2 is 1.89 bits per heavy atom. The van der Waals surface area contributed by atoms with Crippen LogP contribution in [0.2, 0.25) is 0 Å². The fraction of sp³-hybridized carbons (Fsp3) is 0.550. The maximum absolute atomic E-state index is 12.6. The first-order valence-corrected chi connectivity index (χ1v) is 9.77. The SMILES string of the molecule is O=C(O)CN(CCc1ccccc1)C(=O)NC1CCC(N2CCOC2=O)CC1. The Labute approximate surface area is 164 Å². The lowest BCUT2D eigenvalue weighted by Gasteiger charge is -2.34. The molecule has 1 aromatic carbocycles. The van der Waals surface area contributed by atoms with Crippen molar-refractivity contribution >= 4 is 18.1 Å². The number of urea groups is 1. The van der Waals surface area contributed by atoms with Gasteiger partial charge in [-0.1, -0.05) is 30.3 Å². The molecule has 1 heterocycles. The van der Waals surface area contributed by atoms with E-state index >= 15 is 0 Å². The summed E-state index contributed by atoms with van der Waals surface area (Å²) in [4.78, 5) is 38.6. The molecule has 1 aliphatic carbocycles. The number of carbonyl (C=O) groups is 3. The minimum Gasteiger partial charge on any atom is -0.480 e. The Morgan fingerprint density at radius 3 is 2.50 bits per heavy atom. The maximum atomic E-state index is 12.6. The van der Waals surface area contributed by atoms with Gasteiger partial charge < -0.3 is 25.0 Å². The number of aliphatic carboxylic acids is 1. The highest BCUT2D eigenvalue weighted by atomic mass is 16.6. The van der Waals surface area contributed by atoms with Crippen LogP contribution in [0.3, 0.4) is 0 Å². The number of hydrogen-bond donors (Lipinski definition) is 2. The number of benzene rings is 1. The largest absolute Gasteiger partial charge is 0.480 e. The number of nitrogens with one attached hydrogen (secondary N) is 1. The van der Waals surface area contributed by atoms with Crippen molar-refractivity contribution in [3.05, 3.63) is 35.9 Å². The molecule has 3 amide bonds. The van der Waals surface area contributed by atoms with Gasteiger partial charge in [-0.2, -0.15) is 0 Å². The van der Waals surface area contributed by atoms with E-state index < -0.39 is 5.97 Å². The number of amides is 3. The minimum absolute atomic E-state index is 0.00427. The Kier molecular flexibility index (Phi) is 6.73. The molecule has 0 spiro atoms. The van der Waals surface area contributed by atoms with Crippen LogP contribution in [0, 0.1) is 0 Å². The number of carbonyl (C=O) groups excluding carboxylic acids is 2. The van der Waals surface area contributed by atoms with Gasteiger partial charge in [-0.15, -0.1) is 0 Å². The predicted octanol–water partition coefficient (Wildman–Crippen LogP) is 2.09. The normalized spacial score (nSPS) is 21.9. The van der Waals surface area contributed by atoms with Crippen molar-refractivity contribution in [1.82, 2.24) is 15.1 Å². The highest BCUT2D eigenvalue weighted by molar-refractivity contribution is 5.80. The summed E-state index contributed by atoms with van der Waals surface area (Å²) in [6.45, 7) is 1.10. The van der Waals surface area contributed by atoms with Gasteiger partial charge in [0, 0.05) is 18.6 Å². The summed E-state index contributed by atoms with van der Waals surface area (Å²) in [5.41, 5.74) is 1.06.